The predicted molar refractivity (Wildman–Crippen MR) is 101 cm³/mol. The Hall–Kier alpha value is -3.13. The number of para-hydroxylation sites is 1. The number of hydrogen-bond acceptors (Lipinski definition) is 7. The van der Waals surface area contributed by atoms with E-state index in [0.29, 0.717) is 29.2 Å². The van der Waals surface area contributed by atoms with E-state index >= 15 is 0 Å². The molecule has 28 heavy (non-hydrogen) atoms. The van der Waals surface area contributed by atoms with Crippen molar-refractivity contribution >= 4 is 17.3 Å². The van der Waals surface area contributed by atoms with Crippen LogP contribution in [0, 0.1) is 16.0 Å². The van der Waals surface area contributed by atoms with Crippen LogP contribution in [0.15, 0.2) is 36.4 Å². The normalized spacial score (nSPS) is 22.6. The lowest BCUT2D eigenvalue weighted by Crippen LogP contribution is -2.31. The number of fused-ring (bicyclic) bond motifs is 3. The van der Waals surface area contributed by atoms with Crippen molar-refractivity contribution in [3.8, 4) is 5.75 Å². The molecule has 8 nitrogen and oxygen atoms in total. The van der Waals surface area contributed by atoms with Gasteiger partial charge in [-0.15, -0.1) is 0 Å². The van der Waals surface area contributed by atoms with E-state index in [1.165, 1.54) is 26.4 Å². The van der Waals surface area contributed by atoms with Gasteiger partial charge in [0.1, 0.15) is 5.75 Å². The summed E-state index contributed by atoms with van der Waals surface area (Å²) in [6, 6.07) is 9.66. The molecule has 0 spiro atoms. The molecule has 1 fully saturated rings. The van der Waals surface area contributed by atoms with Gasteiger partial charge < -0.3 is 19.5 Å². The molecule has 1 saturated heterocycles. The van der Waals surface area contributed by atoms with Crippen LogP contribution >= 0.6 is 0 Å². The van der Waals surface area contributed by atoms with Gasteiger partial charge in [-0.25, -0.2) is 4.79 Å². The fourth-order valence-electron chi connectivity index (χ4n) is 4.17. The number of carbonyl (C=O) groups is 1. The fourth-order valence-corrected chi connectivity index (χ4v) is 4.17. The monoisotopic (exact) mass is 384 g/mol. The molecule has 4 rings (SSSR count). The standard InChI is InChI=1S/C20H20N2O6/c1-26-16-7-6-11(22(24)25)10-15(16)18-13-8-9-28-19(13)12-4-3-5-14(17(12)21-18)20(23)27-2/h3-7,10,13,18-19,21H,8-9H2,1-2H3/t13-,18-,19+/m1/s1. The number of nitrogens with one attached hydrogen (secondary N) is 1. The highest BCUT2D eigenvalue weighted by Gasteiger charge is 2.43. The molecule has 3 atom stereocenters. The minimum Gasteiger partial charge on any atom is -0.496 e. The van der Waals surface area contributed by atoms with Crippen LogP contribution in [-0.4, -0.2) is 31.7 Å². The van der Waals surface area contributed by atoms with Crippen LogP contribution in [0.4, 0.5) is 11.4 Å². The number of nitrogens with zero attached hydrogens (tertiary/aromatic N) is 1. The molecule has 2 aromatic carbocycles. The molecule has 0 aliphatic carbocycles. The van der Waals surface area contributed by atoms with Gasteiger partial charge in [0.05, 0.1) is 42.5 Å². The second kappa shape index (κ2) is 7.12. The van der Waals surface area contributed by atoms with E-state index in [2.05, 4.69) is 5.32 Å². The molecule has 2 aliphatic heterocycles. The van der Waals surface area contributed by atoms with Crippen LogP contribution in [0.5, 0.6) is 5.75 Å². The van der Waals surface area contributed by atoms with E-state index in [1.54, 1.807) is 18.2 Å². The molecule has 2 aromatic rings. The molecule has 8 heteroatoms. The molecular weight excluding hydrogens is 364 g/mol. The molecule has 0 amide bonds. The summed E-state index contributed by atoms with van der Waals surface area (Å²) in [4.78, 5) is 23.1. The summed E-state index contributed by atoms with van der Waals surface area (Å²) in [5, 5.41) is 14.7. The fraction of sp³-hybridized carbons (Fsp3) is 0.350. The zero-order chi connectivity index (χ0) is 19.8. The van der Waals surface area contributed by atoms with Crippen molar-refractivity contribution in [1.82, 2.24) is 0 Å². The number of carbonyl (C=O) groups excluding carboxylic acids is 1. The average molecular weight is 384 g/mol. The Bertz CT molecular complexity index is 944. The summed E-state index contributed by atoms with van der Waals surface area (Å²) in [5.74, 6) is 0.148. The van der Waals surface area contributed by atoms with Crippen LogP contribution in [0.1, 0.15) is 40.1 Å². The van der Waals surface area contributed by atoms with E-state index in [9.17, 15) is 14.9 Å². The van der Waals surface area contributed by atoms with E-state index in [4.69, 9.17) is 14.2 Å². The first-order chi connectivity index (χ1) is 13.5. The first-order valence-corrected chi connectivity index (χ1v) is 8.96. The van der Waals surface area contributed by atoms with Crippen molar-refractivity contribution < 1.29 is 23.9 Å². The van der Waals surface area contributed by atoms with Gasteiger partial charge in [0.2, 0.25) is 0 Å². The summed E-state index contributed by atoms with van der Waals surface area (Å²) in [5.41, 5.74) is 2.59. The lowest BCUT2D eigenvalue weighted by atomic mass is 9.80. The van der Waals surface area contributed by atoms with Crippen molar-refractivity contribution in [1.29, 1.82) is 0 Å². The summed E-state index contributed by atoms with van der Waals surface area (Å²) in [6.07, 6.45) is 0.575. The molecule has 2 aliphatic rings. The van der Waals surface area contributed by atoms with Crippen molar-refractivity contribution in [2.24, 2.45) is 5.92 Å². The maximum Gasteiger partial charge on any atom is 0.339 e. The summed E-state index contributed by atoms with van der Waals surface area (Å²) in [6.45, 7) is 0.576. The number of anilines is 1. The smallest absolute Gasteiger partial charge is 0.339 e. The largest absolute Gasteiger partial charge is 0.496 e. The highest BCUT2D eigenvalue weighted by molar-refractivity contribution is 5.97. The topological polar surface area (TPSA) is 99.9 Å². The molecular formula is C20H20N2O6. The number of hydrogen-bond donors (Lipinski definition) is 1. The molecule has 0 bridgehead atoms. The zero-order valence-corrected chi connectivity index (χ0v) is 15.5. The number of nitro groups is 1. The molecule has 1 N–H and O–H groups in total. The molecule has 146 valence electrons. The second-order valence-corrected chi connectivity index (χ2v) is 6.81. The Morgan fingerprint density at radius 3 is 2.79 bits per heavy atom. The summed E-state index contributed by atoms with van der Waals surface area (Å²) < 4.78 is 16.4. The lowest BCUT2D eigenvalue weighted by molar-refractivity contribution is -0.385. The summed E-state index contributed by atoms with van der Waals surface area (Å²) >= 11 is 0. The Morgan fingerprint density at radius 2 is 2.07 bits per heavy atom. The predicted octanol–water partition coefficient (Wildman–Crippen LogP) is 3.63. The molecule has 2 heterocycles. The van der Waals surface area contributed by atoms with Crippen LogP contribution in [0.3, 0.4) is 0 Å². The van der Waals surface area contributed by atoms with Crippen molar-refractivity contribution in [3.63, 3.8) is 0 Å². The second-order valence-electron chi connectivity index (χ2n) is 6.81. The SMILES string of the molecule is COC(=O)c1cccc2c1N[C@@H](c1cc([N+](=O)[O-])ccc1OC)[C@H]1CCO[C@@H]21. The van der Waals surface area contributed by atoms with Gasteiger partial charge in [0.25, 0.3) is 5.69 Å². The van der Waals surface area contributed by atoms with E-state index in [1.807, 2.05) is 6.07 Å². The first kappa shape index (κ1) is 18.2. The van der Waals surface area contributed by atoms with Gasteiger partial charge in [0.15, 0.2) is 0 Å². The number of methoxy groups -OCH3 is 2. The van der Waals surface area contributed by atoms with Crippen molar-refractivity contribution in [2.45, 2.75) is 18.6 Å². The molecule has 0 aromatic heterocycles. The lowest BCUT2D eigenvalue weighted by Gasteiger charge is -2.37. The number of non-ortho nitro benzene ring substituents is 1. The van der Waals surface area contributed by atoms with Crippen molar-refractivity contribution in [2.75, 3.05) is 26.1 Å². The average Bonchev–Trinajstić information content (AvgIpc) is 3.21. The van der Waals surface area contributed by atoms with Crippen LogP contribution in [-0.2, 0) is 9.47 Å². The van der Waals surface area contributed by atoms with E-state index < -0.39 is 10.9 Å². The Morgan fingerprint density at radius 1 is 1.25 bits per heavy atom. The van der Waals surface area contributed by atoms with Gasteiger partial charge in [-0.3, -0.25) is 10.1 Å². The number of nitro benzene ring substituents is 1. The number of benzene rings is 2. The van der Waals surface area contributed by atoms with E-state index in [-0.39, 0.29) is 23.8 Å². The minimum atomic E-state index is -0.453. The molecule has 0 saturated carbocycles. The van der Waals surface area contributed by atoms with Gasteiger partial charge in [-0.05, 0) is 18.6 Å². The van der Waals surface area contributed by atoms with Gasteiger partial charge in [-0.2, -0.15) is 0 Å². The number of esters is 1. The third kappa shape index (κ3) is 2.86. The highest BCUT2D eigenvalue weighted by Crippen LogP contribution is 2.52. The number of ether oxygens (including phenoxy) is 3. The Labute approximate surface area is 161 Å². The van der Waals surface area contributed by atoms with Gasteiger partial charge in [0, 0.05) is 35.8 Å². The van der Waals surface area contributed by atoms with Gasteiger partial charge in [-0.1, -0.05) is 12.1 Å². The number of rotatable bonds is 4. The van der Waals surface area contributed by atoms with Crippen LogP contribution in [0.25, 0.3) is 0 Å². The van der Waals surface area contributed by atoms with E-state index in [0.717, 1.165) is 12.0 Å². The van der Waals surface area contributed by atoms with Crippen LogP contribution < -0.4 is 10.1 Å². The zero-order valence-electron chi connectivity index (χ0n) is 15.5. The molecule has 0 radical (unpaired) electrons. The third-order valence-corrected chi connectivity index (χ3v) is 5.43. The Balaban J connectivity index is 1.86. The first-order valence-electron chi connectivity index (χ1n) is 8.96. The maximum absolute atomic E-state index is 12.3. The van der Waals surface area contributed by atoms with Crippen molar-refractivity contribution in [3.05, 3.63) is 63.2 Å². The quantitative estimate of drug-likeness (QED) is 0.488. The maximum atomic E-state index is 12.3. The minimum absolute atomic E-state index is 0.0138. The highest BCUT2D eigenvalue weighted by atomic mass is 16.6. The summed E-state index contributed by atoms with van der Waals surface area (Å²) in [7, 11) is 2.87. The van der Waals surface area contributed by atoms with Crippen LogP contribution in [0.2, 0.25) is 0 Å². The molecule has 0 unspecified atom stereocenters. The van der Waals surface area contributed by atoms with Gasteiger partial charge >= 0.3 is 5.97 Å². The third-order valence-electron chi connectivity index (χ3n) is 5.43. The Kier molecular flexibility index (Phi) is 4.64.